The predicted molar refractivity (Wildman–Crippen MR) is 146 cm³/mol. The summed E-state index contributed by atoms with van der Waals surface area (Å²) in [5.41, 5.74) is 2.15. The first kappa shape index (κ1) is 30.5. The Balaban J connectivity index is 0.00000481. The van der Waals surface area contributed by atoms with Gasteiger partial charge in [0.05, 0.1) is 13.2 Å². The highest BCUT2D eigenvalue weighted by atomic mass is 35.5. The third-order valence-corrected chi connectivity index (χ3v) is 8.53. The lowest BCUT2D eigenvalue weighted by molar-refractivity contribution is 0.207. The number of hydrogen-bond donors (Lipinski definition) is 5. The monoisotopic (exact) mass is 551 g/mol. The van der Waals surface area contributed by atoms with Gasteiger partial charge in [0.1, 0.15) is 28.8 Å². The minimum absolute atomic E-state index is 0. The fourth-order valence-electron chi connectivity index (χ4n) is 4.19. The van der Waals surface area contributed by atoms with Crippen LogP contribution in [0.4, 0.5) is 0 Å². The van der Waals surface area contributed by atoms with E-state index in [0.717, 1.165) is 0 Å². The smallest absolute Gasteiger partial charge is 0.351 e. The lowest BCUT2D eigenvalue weighted by Gasteiger charge is -2.30. The van der Waals surface area contributed by atoms with E-state index in [0.29, 0.717) is 27.8 Å². The molecule has 0 fully saturated rings. The first-order valence-corrected chi connectivity index (χ1v) is 13.5. The van der Waals surface area contributed by atoms with Gasteiger partial charge in [-0.2, -0.15) is 0 Å². The maximum absolute atomic E-state index is 13.9. The van der Waals surface area contributed by atoms with E-state index in [1.807, 2.05) is 30.3 Å². The Morgan fingerprint density at radius 1 is 0.784 bits per heavy atom. The maximum Gasteiger partial charge on any atom is 0.351 e. The second kappa shape index (κ2) is 13.2. The molecule has 3 aromatic carbocycles. The molecule has 0 saturated heterocycles. The lowest BCUT2D eigenvalue weighted by atomic mass is 9.87. The van der Waals surface area contributed by atoms with Gasteiger partial charge in [-0.05, 0) is 45.4 Å². The van der Waals surface area contributed by atoms with Crippen LogP contribution in [0.2, 0.25) is 0 Å². The van der Waals surface area contributed by atoms with Crippen molar-refractivity contribution in [2.24, 2.45) is 0 Å². The van der Waals surface area contributed by atoms with Gasteiger partial charge in [0.15, 0.2) is 0 Å². The average Bonchev–Trinajstić information content (AvgIpc) is 2.86. The van der Waals surface area contributed by atoms with Gasteiger partial charge in [0.2, 0.25) is 0 Å². The van der Waals surface area contributed by atoms with E-state index in [1.54, 1.807) is 39.8 Å². The van der Waals surface area contributed by atoms with Crippen molar-refractivity contribution >= 4 is 20.0 Å². The summed E-state index contributed by atoms with van der Waals surface area (Å²) < 4.78 is 25.2. The molecule has 3 rings (SSSR count). The second-order valence-electron chi connectivity index (χ2n) is 8.44. The van der Waals surface area contributed by atoms with Crippen LogP contribution in [0.15, 0.2) is 54.6 Å². The third-order valence-electron chi connectivity index (χ3n) is 6.18. The van der Waals surface area contributed by atoms with Crippen LogP contribution in [-0.4, -0.2) is 40.2 Å². The van der Waals surface area contributed by atoms with Gasteiger partial charge in [-0.3, -0.25) is 9.88 Å². The molecular weight excluding hydrogens is 517 g/mol. The number of benzene rings is 3. The number of halogens is 1. The van der Waals surface area contributed by atoms with Crippen LogP contribution in [-0.2, 0) is 13.6 Å². The predicted octanol–water partition coefficient (Wildman–Crippen LogP) is 6.23. The van der Waals surface area contributed by atoms with E-state index < -0.39 is 19.3 Å². The molecule has 0 spiro atoms. The highest BCUT2D eigenvalue weighted by Gasteiger charge is 2.37. The molecule has 5 N–H and O–H groups in total. The molecule has 8 nitrogen and oxygen atoms in total. The second-order valence-corrected chi connectivity index (χ2v) is 10.6. The minimum Gasteiger partial charge on any atom is -0.508 e. The minimum atomic E-state index is -3.67. The van der Waals surface area contributed by atoms with E-state index in [4.69, 9.17) is 9.05 Å². The van der Waals surface area contributed by atoms with E-state index >= 15 is 0 Å². The SMILES string of the molecule is CCOP(=O)(OCC)C(NCC(c1ccc(O)c(C)c1O)c1ccc(O)c(C)c1O)c1ccccc1.Cl. The highest BCUT2D eigenvalue weighted by Crippen LogP contribution is 2.59. The summed E-state index contributed by atoms with van der Waals surface area (Å²) in [6, 6.07) is 15.3. The molecule has 0 heterocycles. The highest BCUT2D eigenvalue weighted by molar-refractivity contribution is 7.54. The number of rotatable bonds is 11. The molecule has 0 aliphatic heterocycles. The molecule has 37 heavy (non-hydrogen) atoms. The lowest BCUT2D eigenvalue weighted by Crippen LogP contribution is -2.28. The fourth-order valence-corrected chi connectivity index (χ4v) is 6.15. The normalized spacial score (nSPS) is 12.4. The largest absolute Gasteiger partial charge is 0.508 e. The van der Waals surface area contributed by atoms with E-state index in [9.17, 15) is 25.0 Å². The van der Waals surface area contributed by atoms with Gasteiger partial charge in [0.25, 0.3) is 0 Å². The van der Waals surface area contributed by atoms with Crippen LogP contribution in [0, 0.1) is 13.8 Å². The Morgan fingerprint density at radius 3 is 1.68 bits per heavy atom. The van der Waals surface area contributed by atoms with Crippen molar-refractivity contribution in [3.05, 3.63) is 82.4 Å². The average molecular weight is 552 g/mol. The van der Waals surface area contributed by atoms with Crippen LogP contribution in [0.25, 0.3) is 0 Å². The molecule has 0 saturated carbocycles. The molecule has 1 atom stereocenters. The molecule has 202 valence electrons. The van der Waals surface area contributed by atoms with Crippen molar-refractivity contribution < 1.29 is 34.0 Å². The zero-order valence-corrected chi connectivity index (χ0v) is 23.1. The first-order chi connectivity index (χ1) is 17.1. The first-order valence-electron chi connectivity index (χ1n) is 11.8. The number of phenolic OH excluding ortho intramolecular Hbond substituents is 4. The van der Waals surface area contributed by atoms with Gasteiger partial charge in [-0.1, -0.05) is 42.5 Å². The number of hydrogen-bond acceptors (Lipinski definition) is 8. The molecule has 10 heteroatoms. The van der Waals surface area contributed by atoms with Crippen molar-refractivity contribution in [1.82, 2.24) is 5.32 Å². The molecule has 0 radical (unpaired) electrons. The van der Waals surface area contributed by atoms with Crippen LogP contribution >= 0.6 is 20.0 Å². The van der Waals surface area contributed by atoms with Gasteiger partial charge in [-0.25, -0.2) is 0 Å². The van der Waals surface area contributed by atoms with Crippen LogP contribution < -0.4 is 5.32 Å². The number of phenols is 4. The molecule has 0 aliphatic carbocycles. The molecular formula is C27H35ClNO7P. The number of aromatic hydroxyl groups is 4. The van der Waals surface area contributed by atoms with Crippen molar-refractivity contribution in [2.75, 3.05) is 19.8 Å². The Hall–Kier alpha value is -2.74. The van der Waals surface area contributed by atoms with Crippen molar-refractivity contribution in [2.45, 2.75) is 39.4 Å². The maximum atomic E-state index is 13.9. The number of nitrogens with one attached hydrogen (secondary N) is 1. The van der Waals surface area contributed by atoms with Crippen LogP contribution in [0.3, 0.4) is 0 Å². The van der Waals surface area contributed by atoms with E-state index in [-0.39, 0.29) is 55.2 Å². The Morgan fingerprint density at radius 2 is 1.24 bits per heavy atom. The summed E-state index contributed by atoms with van der Waals surface area (Å²) in [4.78, 5) is 0. The van der Waals surface area contributed by atoms with Gasteiger partial charge < -0.3 is 29.5 Å². The van der Waals surface area contributed by atoms with E-state index in [2.05, 4.69) is 5.32 Å². The summed E-state index contributed by atoms with van der Waals surface area (Å²) in [6.07, 6.45) is 0. The standard InChI is InChI=1S/C27H34NO7P.ClH/c1-5-34-36(33,35-6-2)27(19-10-8-7-9-11-19)28-16-22(20-12-14-23(29)17(3)25(20)31)21-13-15-24(30)18(4)26(21)32;/h7-15,22,27-32H,5-6,16H2,1-4H3;1H. The quantitative estimate of drug-likeness (QED) is 0.177. The molecule has 1 unspecified atom stereocenters. The Labute approximate surface area is 223 Å². The van der Waals surface area contributed by atoms with Crippen molar-refractivity contribution in [3.63, 3.8) is 0 Å². The molecule has 0 aliphatic rings. The third kappa shape index (κ3) is 6.58. The molecule has 0 aromatic heterocycles. The summed E-state index contributed by atoms with van der Waals surface area (Å²) in [5.74, 6) is -1.85. The Kier molecular flexibility index (Phi) is 10.9. The van der Waals surface area contributed by atoms with Crippen molar-refractivity contribution in [3.8, 4) is 23.0 Å². The zero-order valence-electron chi connectivity index (χ0n) is 21.3. The van der Waals surface area contributed by atoms with Crippen LogP contribution in [0.5, 0.6) is 23.0 Å². The van der Waals surface area contributed by atoms with Gasteiger partial charge >= 0.3 is 7.60 Å². The topological polar surface area (TPSA) is 128 Å². The summed E-state index contributed by atoms with van der Waals surface area (Å²) in [6.45, 7) is 7.13. The summed E-state index contributed by atoms with van der Waals surface area (Å²) in [5, 5.41) is 45.3. The van der Waals surface area contributed by atoms with E-state index in [1.165, 1.54) is 12.1 Å². The summed E-state index contributed by atoms with van der Waals surface area (Å²) >= 11 is 0. The summed E-state index contributed by atoms with van der Waals surface area (Å²) in [7, 11) is -3.67. The molecule has 3 aromatic rings. The van der Waals surface area contributed by atoms with Crippen LogP contribution in [0.1, 0.15) is 53.4 Å². The van der Waals surface area contributed by atoms with Gasteiger partial charge in [0, 0.05) is 34.7 Å². The molecule has 0 amide bonds. The Bertz CT molecular complexity index is 1170. The van der Waals surface area contributed by atoms with Gasteiger partial charge in [-0.15, -0.1) is 12.4 Å². The fraction of sp³-hybridized carbons (Fsp3) is 0.333. The molecule has 0 bridgehead atoms. The van der Waals surface area contributed by atoms with Crippen molar-refractivity contribution in [1.29, 1.82) is 0 Å². The zero-order chi connectivity index (χ0) is 26.5.